The Bertz CT molecular complexity index is 756. The molecule has 176 valence electrons. The fourth-order valence-corrected chi connectivity index (χ4v) is 10.9. The van der Waals surface area contributed by atoms with Crippen LogP contribution < -0.4 is 0 Å². The number of hydrogen-bond donors (Lipinski definition) is 0. The van der Waals surface area contributed by atoms with Gasteiger partial charge in [-0.2, -0.15) is 0 Å². The normalized spacial score (nSPS) is 52.3. The fourth-order valence-electron chi connectivity index (χ4n) is 10.9. The lowest BCUT2D eigenvalue weighted by molar-refractivity contribution is -0.311. The molecular formula is C29H42O3. The first-order valence-corrected chi connectivity index (χ1v) is 13.2. The Hall–Kier alpha value is -0.900. The molecule has 0 aromatic rings. The summed E-state index contributed by atoms with van der Waals surface area (Å²) in [7, 11) is 0. The van der Waals surface area contributed by atoms with Crippen LogP contribution in [0.3, 0.4) is 0 Å². The van der Waals surface area contributed by atoms with Crippen LogP contribution in [0.4, 0.5) is 0 Å². The second-order valence-corrected chi connectivity index (χ2v) is 12.9. The van der Waals surface area contributed by atoms with E-state index < -0.39 is 0 Å². The molecule has 0 aromatic carbocycles. The molecular weight excluding hydrogens is 396 g/mol. The van der Waals surface area contributed by atoms with Gasteiger partial charge >= 0.3 is 0 Å². The second-order valence-electron chi connectivity index (χ2n) is 12.9. The van der Waals surface area contributed by atoms with Crippen molar-refractivity contribution in [2.75, 3.05) is 19.8 Å². The van der Waals surface area contributed by atoms with Crippen molar-refractivity contribution >= 4 is 0 Å². The summed E-state index contributed by atoms with van der Waals surface area (Å²) >= 11 is 0. The lowest BCUT2D eigenvalue weighted by Crippen LogP contribution is -2.71. The maximum atomic E-state index is 6.71. The number of ether oxygens (including phenoxy) is 3. The fraction of sp³-hybridized carbons (Fsp3) is 0.793. The first-order valence-electron chi connectivity index (χ1n) is 13.2. The van der Waals surface area contributed by atoms with E-state index >= 15 is 0 Å². The average Bonchev–Trinajstić information content (AvgIpc) is 2.73. The van der Waals surface area contributed by atoms with Crippen molar-refractivity contribution in [1.29, 1.82) is 0 Å². The molecule has 0 N–H and O–H groups in total. The molecule has 0 heterocycles. The molecule has 8 aliphatic carbocycles. The molecule has 0 saturated heterocycles. The highest BCUT2D eigenvalue weighted by Gasteiger charge is 2.73. The summed E-state index contributed by atoms with van der Waals surface area (Å²) in [6, 6.07) is 0. The maximum Gasteiger partial charge on any atom is 0.0722 e. The van der Waals surface area contributed by atoms with E-state index in [1.165, 1.54) is 70.6 Å². The molecule has 3 nitrogen and oxygen atoms in total. The van der Waals surface area contributed by atoms with E-state index in [0.29, 0.717) is 30.7 Å². The largest absolute Gasteiger partial charge is 0.371 e. The van der Waals surface area contributed by atoms with E-state index in [4.69, 9.17) is 14.2 Å². The second kappa shape index (κ2) is 7.30. The standard InChI is InChI=1S/C29H42O3/c1-4-7-30-27-14-22-10-23(15-27)12-25(11-22,18-27)26-13-24-16-28(19-26,31-8-5-2)21-29(17-24,20-26)32-9-6-3/h4-6,22-24H,1-3,7-21H2. The van der Waals surface area contributed by atoms with Crippen molar-refractivity contribution in [3.05, 3.63) is 38.0 Å². The third-order valence-corrected chi connectivity index (χ3v) is 10.6. The van der Waals surface area contributed by atoms with Crippen LogP contribution in [-0.4, -0.2) is 36.6 Å². The summed E-state index contributed by atoms with van der Waals surface area (Å²) in [6.45, 7) is 13.9. The van der Waals surface area contributed by atoms with Crippen LogP contribution in [0.2, 0.25) is 0 Å². The third kappa shape index (κ3) is 3.10. The molecule has 8 saturated carbocycles. The minimum absolute atomic E-state index is 0.0345. The van der Waals surface area contributed by atoms with Gasteiger partial charge in [0, 0.05) is 6.42 Å². The highest BCUT2D eigenvalue weighted by atomic mass is 16.5. The van der Waals surface area contributed by atoms with Crippen LogP contribution >= 0.6 is 0 Å². The third-order valence-electron chi connectivity index (χ3n) is 10.6. The molecule has 3 heteroatoms. The van der Waals surface area contributed by atoms with E-state index in [1.807, 2.05) is 18.2 Å². The Morgan fingerprint density at radius 1 is 0.531 bits per heavy atom. The van der Waals surface area contributed by atoms with Crippen LogP contribution in [0.5, 0.6) is 0 Å². The minimum Gasteiger partial charge on any atom is -0.371 e. The van der Waals surface area contributed by atoms with Crippen LogP contribution in [0.1, 0.15) is 77.0 Å². The quantitative estimate of drug-likeness (QED) is 0.370. The minimum atomic E-state index is -0.0345. The molecule has 0 radical (unpaired) electrons. The van der Waals surface area contributed by atoms with Crippen LogP contribution in [-0.2, 0) is 14.2 Å². The smallest absolute Gasteiger partial charge is 0.0722 e. The van der Waals surface area contributed by atoms with E-state index in [0.717, 1.165) is 24.2 Å². The Morgan fingerprint density at radius 2 is 0.969 bits per heavy atom. The van der Waals surface area contributed by atoms with Crippen molar-refractivity contribution in [2.45, 2.75) is 93.9 Å². The van der Waals surface area contributed by atoms with Gasteiger partial charge in [0.25, 0.3) is 0 Å². The maximum absolute atomic E-state index is 6.71. The summed E-state index contributed by atoms with van der Waals surface area (Å²) in [5.41, 5.74) is 0.741. The SMILES string of the molecule is C=CCOC12CC3CC(C1)CC(C14CC5CC(OCC=C)(CC(OCC=C)(C5)C1)C4)(C3)C2. The first-order chi connectivity index (χ1) is 15.4. The Morgan fingerprint density at radius 3 is 1.50 bits per heavy atom. The summed E-state index contributed by atoms with van der Waals surface area (Å²) in [5.74, 6) is 2.40. The molecule has 32 heavy (non-hydrogen) atoms. The molecule has 0 spiro atoms. The molecule has 0 aliphatic heterocycles. The lowest BCUT2D eigenvalue weighted by atomic mass is 9.33. The van der Waals surface area contributed by atoms with Crippen molar-refractivity contribution in [3.63, 3.8) is 0 Å². The number of rotatable bonds is 10. The number of hydrogen-bond acceptors (Lipinski definition) is 3. The predicted octanol–water partition coefficient (Wildman–Crippen LogP) is 6.39. The van der Waals surface area contributed by atoms with Crippen LogP contribution in [0, 0.1) is 28.6 Å². The van der Waals surface area contributed by atoms with Gasteiger partial charge in [-0.15, -0.1) is 19.7 Å². The van der Waals surface area contributed by atoms with E-state index in [1.54, 1.807) is 0 Å². The van der Waals surface area contributed by atoms with E-state index in [9.17, 15) is 0 Å². The van der Waals surface area contributed by atoms with Crippen molar-refractivity contribution in [3.8, 4) is 0 Å². The first kappa shape index (κ1) is 21.6. The molecule has 8 aliphatic rings. The Labute approximate surface area is 194 Å². The van der Waals surface area contributed by atoms with Crippen molar-refractivity contribution in [1.82, 2.24) is 0 Å². The van der Waals surface area contributed by atoms with Gasteiger partial charge in [-0.3, -0.25) is 0 Å². The van der Waals surface area contributed by atoms with Gasteiger partial charge in [-0.1, -0.05) is 18.2 Å². The van der Waals surface area contributed by atoms with Crippen LogP contribution in [0.25, 0.3) is 0 Å². The lowest BCUT2D eigenvalue weighted by Gasteiger charge is -2.75. The zero-order chi connectivity index (χ0) is 22.1. The van der Waals surface area contributed by atoms with Gasteiger partial charge < -0.3 is 14.2 Å². The van der Waals surface area contributed by atoms with Crippen molar-refractivity contribution in [2.24, 2.45) is 28.6 Å². The van der Waals surface area contributed by atoms with Gasteiger partial charge in [0.15, 0.2) is 0 Å². The molecule has 8 rings (SSSR count). The highest BCUT2D eigenvalue weighted by Crippen LogP contribution is 2.77. The predicted molar refractivity (Wildman–Crippen MR) is 127 cm³/mol. The highest BCUT2D eigenvalue weighted by molar-refractivity contribution is 5.24. The summed E-state index contributed by atoms with van der Waals surface area (Å²) in [6.07, 6.45) is 21.2. The van der Waals surface area contributed by atoms with E-state index in [-0.39, 0.29) is 16.8 Å². The molecule has 0 amide bonds. The van der Waals surface area contributed by atoms with E-state index in [2.05, 4.69) is 19.7 Å². The zero-order valence-corrected chi connectivity index (χ0v) is 19.9. The zero-order valence-electron chi connectivity index (χ0n) is 19.9. The average molecular weight is 439 g/mol. The van der Waals surface area contributed by atoms with Crippen molar-refractivity contribution < 1.29 is 14.2 Å². The summed E-state index contributed by atoms with van der Waals surface area (Å²) in [4.78, 5) is 0. The molecule has 8 fully saturated rings. The van der Waals surface area contributed by atoms with Gasteiger partial charge in [-0.25, -0.2) is 0 Å². The Kier molecular flexibility index (Phi) is 4.93. The molecule has 4 unspecified atom stereocenters. The summed E-state index contributed by atoms with van der Waals surface area (Å²) in [5, 5.41) is 0. The van der Waals surface area contributed by atoms with Gasteiger partial charge in [0.05, 0.1) is 36.6 Å². The summed E-state index contributed by atoms with van der Waals surface area (Å²) < 4.78 is 20.1. The van der Waals surface area contributed by atoms with Gasteiger partial charge in [-0.05, 0) is 99.2 Å². The van der Waals surface area contributed by atoms with Crippen LogP contribution in [0.15, 0.2) is 38.0 Å². The monoisotopic (exact) mass is 438 g/mol. The van der Waals surface area contributed by atoms with Gasteiger partial charge in [0.2, 0.25) is 0 Å². The molecule has 8 bridgehead atoms. The molecule has 4 atom stereocenters. The topological polar surface area (TPSA) is 27.7 Å². The Balaban J connectivity index is 1.40. The molecule has 0 aromatic heterocycles. The van der Waals surface area contributed by atoms with Gasteiger partial charge in [0.1, 0.15) is 0 Å².